The van der Waals surface area contributed by atoms with Crippen LogP contribution in [0.5, 0.6) is 11.5 Å². The highest BCUT2D eigenvalue weighted by molar-refractivity contribution is 7.91. The number of hydrogen-bond acceptors (Lipinski definition) is 11. The predicted molar refractivity (Wildman–Crippen MR) is 198 cm³/mol. The Labute approximate surface area is 314 Å². The van der Waals surface area contributed by atoms with Crippen molar-refractivity contribution in [3.05, 3.63) is 41.9 Å². The lowest BCUT2D eigenvalue weighted by Gasteiger charge is -2.35. The molecule has 3 N–H and O–H groups in total. The van der Waals surface area contributed by atoms with Crippen molar-refractivity contribution in [3.8, 4) is 22.1 Å². The first-order chi connectivity index (χ1) is 25.1. The van der Waals surface area contributed by atoms with Crippen molar-refractivity contribution in [3.63, 3.8) is 0 Å². The molecule has 4 aliphatic rings. The lowest BCUT2D eigenvalue weighted by atomic mass is 9.85. The maximum atomic E-state index is 14.6. The highest BCUT2D eigenvalue weighted by atomic mass is 32.2. The van der Waals surface area contributed by atoms with E-state index in [1.807, 2.05) is 44.4 Å². The molecule has 1 aromatic carbocycles. The summed E-state index contributed by atoms with van der Waals surface area (Å²) in [6.07, 6.45) is 5.30. The largest absolute Gasteiger partial charge is 0.496 e. The Bertz CT molecular complexity index is 1840. The standard InChI is InChI=1S/C37H49N5O9S2/c1-7-22-18-37(22,34(45)41-53(47,48)24-15-16-24)40-31(43)26-17-21(25-20-52-32(38-25)29-27(49-5)13-10-14-28(29)50-6)19-42(26)33(44)30(36(2,3)4)39-35(46)51-23-11-8-9-12-23/h7,10,13-14,20-24,26,30H,1,8-9,11-12,15-19H2,2-6H3,(H,39,46)(H,40,43)(H,41,45)/t21-,22-,26+,30-,37-/m1/s1. The molecule has 14 nitrogen and oxygen atoms in total. The highest BCUT2D eigenvalue weighted by Gasteiger charge is 2.62. The molecule has 4 amide bonds. The van der Waals surface area contributed by atoms with Gasteiger partial charge in [0.25, 0.3) is 5.91 Å². The molecule has 4 fully saturated rings. The fraction of sp³-hybridized carbons (Fsp3) is 0.595. The Kier molecular flexibility index (Phi) is 10.9. The minimum atomic E-state index is -3.89. The quantitative estimate of drug-likeness (QED) is 0.249. The smallest absolute Gasteiger partial charge is 0.408 e. The molecule has 0 bridgehead atoms. The van der Waals surface area contributed by atoms with E-state index in [-0.39, 0.29) is 25.5 Å². The van der Waals surface area contributed by atoms with Gasteiger partial charge in [-0.1, -0.05) is 32.9 Å². The molecule has 3 aliphatic carbocycles. The van der Waals surface area contributed by atoms with Crippen LogP contribution in [0.15, 0.2) is 36.2 Å². The fourth-order valence-corrected chi connectivity index (χ4v) is 9.65. The molecule has 1 aliphatic heterocycles. The Morgan fingerprint density at radius 1 is 1.08 bits per heavy atom. The number of benzene rings is 1. The fourth-order valence-electron chi connectivity index (χ4n) is 7.34. The first kappa shape index (κ1) is 38.5. The number of nitrogens with one attached hydrogen (secondary N) is 3. The van der Waals surface area contributed by atoms with Crippen LogP contribution in [-0.2, 0) is 29.1 Å². The molecule has 0 unspecified atom stereocenters. The molecule has 1 saturated heterocycles. The zero-order valence-electron chi connectivity index (χ0n) is 30.8. The highest BCUT2D eigenvalue weighted by Crippen LogP contribution is 2.46. The van der Waals surface area contributed by atoms with Crippen LogP contribution in [0, 0.1) is 11.3 Å². The molecule has 6 rings (SSSR count). The van der Waals surface area contributed by atoms with E-state index >= 15 is 0 Å². The minimum Gasteiger partial charge on any atom is -0.496 e. The molecular formula is C37H49N5O9S2. The summed E-state index contributed by atoms with van der Waals surface area (Å²) >= 11 is 1.37. The zero-order valence-corrected chi connectivity index (χ0v) is 32.4. The van der Waals surface area contributed by atoms with Crippen molar-refractivity contribution in [2.75, 3.05) is 20.8 Å². The maximum absolute atomic E-state index is 14.6. The second-order valence-corrected chi connectivity index (χ2v) is 18.3. The molecule has 288 valence electrons. The Morgan fingerprint density at radius 2 is 1.74 bits per heavy atom. The number of nitrogens with zero attached hydrogens (tertiary/aromatic N) is 2. The molecular weight excluding hydrogens is 723 g/mol. The Balaban J connectivity index is 1.30. The number of ether oxygens (including phenoxy) is 3. The second kappa shape index (κ2) is 14.9. The molecule has 3 saturated carbocycles. The van der Waals surface area contributed by atoms with Crippen molar-refractivity contribution in [2.24, 2.45) is 11.3 Å². The number of aromatic nitrogens is 1. The molecule has 53 heavy (non-hydrogen) atoms. The minimum absolute atomic E-state index is 0.0925. The molecule has 2 heterocycles. The van der Waals surface area contributed by atoms with Crippen LogP contribution in [0.3, 0.4) is 0 Å². The maximum Gasteiger partial charge on any atom is 0.408 e. The normalized spacial score (nSPS) is 24.9. The molecule has 16 heteroatoms. The van der Waals surface area contributed by atoms with E-state index in [0.717, 1.165) is 25.7 Å². The second-order valence-electron chi connectivity index (χ2n) is 15.5. The summed E-state index contributed by atoms with van der Waals surface area (Å²) in [4.78, 5) is 62.0. The van der Waals surface area contributed by atoms with Gasteiger partial charge in [-0.15, -0.1) is 17.9 Å². The van der Waals surface area contributed by atoms with Crippen molar-refractivity contribution >= 4 is 45.2 Å². The average Bonchev–Trinajstić information content (AvgIpc) is 3.88. The number of amides is 4. The summed E-state index contributed by atoms with van der Waals surface area (Å²) in [6, 6.07) is 3.29. The average molecular weight is 772 g/mol. The van der Waals surface area contributed by atoms with Crippen LogP contribution >= 0.6 is 11.3 Å². The Hall–Kier alpha value is -4.18. The number of thiazole rings is 1. The summed E-state index contributed by atoms with van der Waals surface area (Å²) in [5, 5.41) is 7.49. The molecule has 5 atom stereocenters. The lowest BCUT2D eigenvalue weighted by molar-refractivity contribution is -0.142. The van der Waals surface area contributed by atoms with Crippen molar-refractivity contribution in [2.45, 2.75) is 107 Å². The van der Waals surface area contributed by atoms with Crippen molar-refractivity contribution < 1.29 is 41.8 Å². The first-order valence-electron chi connectivity index (χ1n) is 18.1. The van der Waals surface area contributed by atoms with Gasteiger partial charge in [0.15, 0.2) is 0 Å². The molecule has 0 spiro atoms. The number of sulfonamides is 1. The monoisotopic (exact) mass is 771 g/mol. The first-order valence-corrected chi connectivity index (χ1v) is 20.5. The topological polar surface area (TPSA) is 182 Å². The summed E-state index contributed by atoms with van der Waals surface area (Å²) < 4.78 is 44.5. The van der Waals surface area contributed by atoms with Crippen LogP contribution < -0.4 is 24.8 Å². The van der Waals surface area contributed by atoms with Gasteiger partial charge in [-0.2, -0.15) is 0 Å². The van der Waals surface area contributed by atoms with Gasteiger partial charge in [0.1, 0.15) is 40.2 Å². The van der Waals surface area contributed by atoms with Gasteiger partial charge in [-0.3, -0.25) is 19.1 Å². The van der Waals surface area contributed by atoms with Gasteiger partial charge in [-0.05, 0) is 68.9 Å². The zero-order chi connectivity index (χ0) is 38.3. The van der Waals surface area contributed by atoms with E-state index in [9.17, 15) is 27.6 Å². The van der Waals surface area contributed by atoms with E-state index in [4.69, 9.17) is 19.2 Å². The third kappa shape index (κ3) is 8.03. The van der Waals surface area contributed by atoms with E-state index in [1.165, 1.54) is 22.3 Å². The van der Waals surface area contributed by atoms with Crippen molar-refractivity contribution in [1.29, 1.82) is 0 Å². The van der Waals surface area contributed by atoms with E-state index < -0.39 is 74.0 Å². The van der Waals surface area contributed by atoms with Gasteiger partial charge in [0.05, 0.1) is 30.7 Å². The number of likely N-dealkylation sites (tertiary alicyclic amines) is 1. The van der Waals surface area contributed by atoms with Gasteiger partial charge in [0.2, 0.25) is 21.8 Å². The molecule has 1 aromatic heterocycles. The number of rotatable bonds is 13. The third-order valence-corrected chi connectivity index (χ3v) is 13.4. The summed E-state index contributed by atoms with van der Waals surface area (Å²) in [7, 11) is -0.770. The van der Waals surface area contributed by atoms with Gasteiger partial charge >= 0.3 is 6.09 Å². The van der Waals surface area contributed by atoms with Gasteiger partial charge in [0, 0.05) is 23.8 Å². The van der Waals surface area contributed by atoms with Gasteiger partial charge < -0.3 is 29.7 Å². The van der Waals surface area contributed by atoms with Gasteiger partial charge in [-0.25, -0.2) is 18.2 Å². The van der Waals surface area contributed by atoms with E-state index in [2.05, 4.69) is 21.9 Å². The number of methoxy groups -OCH3 is 2. The van der Waals surface area contributed by atoms with Crippen LogP contribution in [0.2, 0.25) is 0 Å². The predicted octanol–water partition coefficient (Wildman–Crippen LogP) is 4.26. The summed E-state index contributed by atoms with van der Waals surface area (Å²) in [6.45, 7) is 9.34. The van der Waals surface area contributed by atoms with Crippen molar-refractivity contribution in [1.82, 2.24) is 25.2 Å². The van der Waals surface area contributed by atoms with Crippen LogP contribution in [0.4, 0.5) is 4.79 Å². The number of hydrogen-bond donors (Lipinski definition) is 3. The SMILES string of the molecule is C=C[C@@H]1C[C@]1(NC(=O)[C@@H]1C[C@@H](c2csc(-c3c(OC)cccc3OC)n2)CN1C(=O)[C@@H](NC(=O)OC1CCCC1)C(C)(C)C)C(=O)NS(=O)(=O)C1CC1. The summed E-state index contributed by atoms with van der Waals surface area (Å²) in [5.74, 6) is -1.70. The lowest BCUT2D eigenvalue weighted by Crippen LogP contribution is -2.60. The summed E-state index contributed by atoms with van der Waals surface area (Å²) in [5.41, 5.74) is -0.994. The van der Waals surface area contributed by atoms with E-state index in [1.54, 1.807) is 14.2 Å². The van der Waals surface area contributed by atoms with E-state index in [0.29, 0.717) is 40.6 Å². The van der Waals surface area contributed by atoms with Crippen LogP contribution in [0.1, 0.15) is 83.7 Å². The Morgan fingerprint density at radius 3 is 2.30 bits per heavy atom. The molecule has 2 aromatic rings. The number of alkyl carbamates (subject to hydrolysis) is 1. The number of carbonyl (C=O) groups excluding carboxylic acids is 4. The third-order valence-electron chi connectivity index (χ3n) is 10.7. The number of carbonyl (C=O) groups is 4. The molecule has 0 radical (unpaired) electrons. The van der Waals surface area contributed by atoms with Crippen LogP contribution in [-0.4, -0.2) is 91.9 Å². The van der Waals surface area contributed by atoms with Crippen LogP contribution in [0.25, 0.3) is 10.6 Å².